The smallest absolute Gasteiger partial charge is 0.319 e. The van der Waals surface area contributed by atoms with Gasteiger partial charge in [-0.3, -0.25) is 10.1 Å². The molecule has 0 aliphatic carbocycles. The van der Waals surface area contributed by atoms with Crippen LogP contribution in [-0.2, 0) is 27.5 Å². The van der Waals surface area contributed by atoms with E-state index in [1.165, 1.54) is 33.5 Å². The van der Waals surface area contributed by atoms with E-state index in [1.807, 2.05) is 0 Å². The minimum atomic E-state index is -4.49. The van der Waals surface area contributed by atoms with Crippen LogP contribution in [0.15, 0.2) is 47.4 Å². The van der Waals surface area contributed by atoms with E-state index in [-0.39, 0.29) is 53.3 Å². The number of rotatable bonds is 4. The van der Waals surface area contributed by atoms with E-state index < -0.39 is 33.5 Å². The number of hydrogen-bond acceptors (Lipinski definition) is 4. The van der Waals surface area contributed by atoms with E-state index in [0.717, 1.165) is 12.1 Å². The van der Waals surface area contributed by atoms with Gasteiger partial charge in [0.05, 0.1) is 27.3 Å². The summed E-state index contributed by atoms with van der Waals surface area (Å²) in [6.07, 6.45) is -3.96. The molecule has 0 radical (unpaired) electrons. The Morgan fingerprint density at radius 1 is 1.12 bits per heavy atom. The highest BCUT2D eigenvalue weighted by Crippen LogP contribution is 2.38. The minimum absolute atomic E-state index is 0.0209. The summed E-state index contributed by atoms with van der Waals surface area (Å²) in [5.74, 6) is -0.244. The largest absolute Gasteiger partial charge is 0.416 e. The lowest BCUT2D eigenvalue weighted by atomic mass is 9.96. The van der Waals surface area contributed by atoms with Gasteiger partial charge in [-0.15, -0.1) is 0 Å². The van der Waals surface area contributed by atoms with Crippen molar-refractivity contribution in [2.75, 3.05) is 13.1 Å². The molecule has 2 aromatic carbocycles. The molecule has 0 aromatic heterocycles. The summed E-state index contributed by atoms with van der Waals surface area (Å²) in [7, 11) is -3.93. The quantitative estimate of drug-likeness (QED) is 0.625. The van der Waals surface area contributed by atoms with E-state index in [0.29, 0.717) is 5.56 Å². The third-order valence-electron chi connectivity index (χ3n) is 6.32. The molecule has 12 heteroatoms. The average molecular weight is 536 g/mol. The van der Waals surface area contributed by atoms with Gasteiger partial charge < -0.3 is 4.90 Å². The van der Waals surface area contributed by atoms with Crippen molar-refractivity contribution in [3.8, 4) is 0 Å². The third-order valence-corrected chi connectivity index (χ3v) is 9.19. The molecule has 0 unspecified atom stereocenters. The molecule has 1 N–H and O–H groups in total. The molecule has 1 amide bonds. The molecule has 0 saturated carbocycles. The van der Waals surface area contributed by atoms with Crippen LogP contribution >= 0.6 is 23.2 Å². The first-order valence-corrected chi connectivity index (χ1v) is 12.7. The van der Waals surface area contributed by atoms with Gasteiger partial charge in [0.2, 0.25) is 15.9 Å². The van der Waals surface area contributed by atoms with Crippen molar-refractivity contribution in [3.05, 3.63) is 63.6 Å². The average Bonchev–Trinajstić information content (AvgIpc) is 2.99. The predicted molar refractivity (Wildman–Crippen MR) is 122 cm³/mol. The zero-order valence-electron chi connectivity index (χ0n) is 18.1. The monoisotopic (exact) mass is 535 g/mol. The fourth-order valence-electron chi connectivity index (χ4n) is 4.58. The molecule has 184 valence electrons. The number of nitrogens with one attached hydrogen (secondary N) is 1. The number of carbonyl (C=O) groups excluding carboxylic acids is 1. The first-order chi connectivity index (χ1) is 15.8. The van der Waals surface area contributed by atoms with Crippen LogP contribution in [0.4, 0.5) is 13.2 Å². The first-order valence-electron chi connectivity index (χ1n) is 10.5. The van der Waals surface area contributed by atoms with Crippen LogP contribution in [0.25, 0.3) is 0 Å². The SMILES string of the molecule is C[C@H]1NC2(CCN(S(=O)(=O)c3cccc(Cl)c3Cl)CC2)N(Cc2cccc(C(F)(F)F)c2)C1=O. The van der Waals surface area contributed by atoms with Crippen molar-refractivity contribution in [1.82, 2.24) is 14.5 Å². The zero-order valence-corrected chi connectivity index (χ0v) is 20.4. The Morgan fingerprint density at radius 3 is 2.41 bits per heavy atom. The van der Waals surface area contributed by atoms with Gasteiger partial charge in [0, 0.05) is 19.6 Å². The first kappa shape index (κ1) is 25.2. The Bertz CT molecular complexity index is 1220. The van der Waals surface area contributed by atoms with Gasteiger partial charge in [-0.05, 0) is 49.6 Å². The standard InChI is InChI=1S/C22H22Cl2F3N3O3S/c1-14-20(31)30(13-15-4-2-5-16(12-15)22(25,26)27)21(28-14)8-10-29(11-9-21)34(32,33)18-7-3-6-17(23)19(18)24/h2-7,12,14,28H,8-11,13H2,1H3/t14-/m1/s1. The van der Waals surface area contributed by atoms with Crippen molar-refractivity contribution in [2.24, 2.45) is 0 Å². The topological polar surface area (TPSA) is 69.7 Å². The maximum absolute atomic E-state index is 13.2. The minimum Gasteiger partial charge on any atom is -0.319 e. The molecule has 2 saturated heterocycles. The molecule has 34 heavy (non-hydrogen) atoms. The Hall–Kier alpha value is -1.85. The number of amides is 1. The van der Waals surface area contributed by atoms with Crippen LogP contribution in [0.5, 0.6) is 0 Å². The van der Waals surface area contributed by atoms with E-state index in [4.69, 9.17) is 23.2 Å². The Kier molecular flexibility index (Phi) is 6.67. The Balaban J connectivity index is 1.56. The molecule has 2 aliphatic heterocycles. The lowest BCUT2D eigenvalue weighted by Gasteiger charge is -2.44. The number of piperidine rings is 1. The molecule has 1 atom stereocenters. The number of sulfonamides is 1. The number of halogens is 5. The molecule has 2 aromatic rings. The lowest BCUT2D eigenvalue weighted by molar-refractivity contribution is -0.137. The second kappa shape index (κ2) is 8.98. The third kappa shape index (κ3) is 4.54. The maximum Gasteiger partial charge on any atom is 0.416 e. The van der Waals surface area contributed by atoms with Crippen molar-refractivity contribution < 1.29 is 26.4 Å². The van der Waals surface area contributed by atoms with E-state index in [9.17, 15) is 26.4 Å². The summed E-state index contributed by atoms with van der Waals surface area (Å²) in [4.78, 5) is 14.4. The lowest BCUT2D eigenvalue weighted by Crippen LogP contribution is -2.59. The summed E-state index contributed by atoms with van der Waals surface area (Å²) < 4.78 is 67.1. The number of hydrogen-bond donors (Lipinski definition) is 1. The predicted octanol–water partition coefficient (Wildman–Crippen LogP) is 4.51. The second-order valence-corrected chi connectivity index (χ2v) is 11.2. The van der Waals surface area contributed by atoms with Gasteiger partial charge in [0.25, 0.3) is 0 Å². The van der Waals surface area contributed by atoms with Crippen LogP contribution < -0.4 is 5.32 Å². The molecule has 2 heterocycles. The molecule has 2 fully saturated rings. The van der Waals surface area contributed by atoms with Gasteiger partial charge in [-0.2, -0.15) is 17.5 Å². The summed E-state index contributed by atoms with van der Waals surface area (Å²) >= 11 is 12.1. The number of nitrogens with zero attached hydrogens (tertiary/aromatic N) is 2. The molecule has 4 rings (SSSR count). The van der Waals surface area contributed by atoms with Gasteiger partial charge >= 0.3 is 6.18 Å². The molecule has 0 bridgehead atoms. The van der Waals surface area contributed by atoms with Gasteiger partial charge in [0.15, 0.2) is 0 Å². The summed E-state index contributed by atoms with van der Waals surface area (Å²) in [5, 5.41) is 3.32. The molecule has 2 aliphatic rings. The zero-order chi connectivity index (χ0) is 24.9. The molecule has 6 nitrogen and oxygen atoms in total. The van der Waals surface area contributed by atoms with Crippen LogP contribution in [0.3, 0.4) is 0 Å². The van der Waals surface area contributed by atoms with Gasteiger partial charge in [0.1, 0.15) is 4.90 Å². The molecular formula is C22H22Cl2F3N3O3S. The van der Waals surface area contributed by atoms with Gasteiger partial charge in [-0.1, -0.05) is 41.4 Å². The fraction of sp³-hybridized carbons (Fsp3) is 0.409. The number of benzene rings is 2. The van der Waals surface area contributed by atoms with Crippen molar-refractivity contribution >= 4 is 39.1 Å². The maximum atomic E-state index is 13.2. The highest BCUT2D eigenvalue weighted by molar-refractivity contribution is 7.89. The Labute approximate surface area is 205 Å². The summed E-state index contributed by atoms with van der Waals surface area (Å²) in [6, 6.07) is 8.70. The van der Waals surface area contributed by atoms with E-state index in [1.54, 1.807) is 13.0 Å². The fourth-order valence-corrected chi connectivity index (χ4v) is 6.76. The summed E-state index contributed by atoms with van der Waals surface area (Å²) in [5.41, 5.74) is -1.31. The van der Waals surface area contributed by atoms with Crippen molar-refractivity contribution in [1.29, 1.82) is 0 Å². The second-order valence-electron chi connectivity index (χ2n) is 8.48. The highest BCUT2D eigenvalue weighted by Gasteiger charge is 2.51. The number of carbonyl (C=O) groups is 1. The highest BCUT2D eigenvalue weighted by atomic mass is 35.5. The summed E-state index contributed by atoms with van der Waals surface area (Å²) in [6.45, 7) is 1.85. The van der Waals surface area contributed by atoms with Gasteiger partial charge in [-0.25, -0.2) is 8.42 Å². The van der Waals surface area contributed by atoms with Crippen LogP contribution in [-0.4, -0.2) is 48.3 Å². The number of alkyl halides is 3. The normalized spacial score (nSPS) is 21.4. The molecular weight excluding hydrogens is 514 g/mol. The van der Waals surface area contributed by atoms with Crippen LogP contribution in [0.1, 0.15) is 30.9 Å². The molecule has 1 spiro atoms. The van der Waals surface area contributed by atoms with E-state index >= 15 is 0 Å². The van der Waals surface area contributed by atoms with Crippen molar-refractivity contribution in [2.45, 2.75) is 49.1 Å². The van der Waals surface area contributed by atoms with E-state index in [2.05, 4.69) is 5.32 Å². The van der Waals surface area contributed by atoms with Crippen LogP contribution in [0, 0.1) is 0 Å². The Morgan fingerprint density at radius 2 is 1.76 bits per heavy atom. The van der Waals surface area contributed by atoms with Crippen molar-refractivity contribution in [3.63, 3.8) is 0 Å². The van der Waals surface area contributed by atoms with Crippen LogP contribution in [0.2, 0.25) is 10.0 Å².